The summed E-state index contributed by atoms with van der Waals surface area (Å²) in [6.45, 7) is 1.07. The summed E-state index contributed by atoms with van der Waals surface area (Å²) >= 11 is 9.36. The monoisotopic (exact) mass is 468 g/mol. The first-order valence-electron chi connectivity index (χ1n) is 8.35. The minimum absolute atomic E-state index is 0.139. The van der Waals surface area contributed by atoms with Crippen LogP contribution in [0.5, 0.6) is 0 Å². The number of carbonyl (C=O) groups is 1. The first-order valence-corrected chi connectivity index (χ1v) is 9.52. The molecule has 0 bridgehead atoms. The van der Waals surface area contributed by atoms with Gasteiger partial charge in [-0.05, 0) is 31.2 Å². The van der Waals surface area contributed by atoms with Crippen LogP contribution in [-0.4, -0.2) is 21.7 Å². The van der Waals surface area contributed by atoms with E-state index in [1.165, 1.54) is 24.3 Å². The SMILES string of the molecule is CCOC(=O)Cn1c(=O)n(Cc2ccc(Br)cc2F)c(=O)c2cccc(Cl)c21. The van der Waals surface area contributed by atoms with Gasteiger partial charge in [0.15, 0.2) is 0 Å². The van der Waals surface area contributed by atoms with E-state index in [0.717, 1.165) is 9.13 Å². The number of fused-ring (bicyclic) bond motifs is 1. The van der Waals surface area contributed by atoms with Crippen molar-refractivity contribution in [3.05, 3.63) is 78.1 Å². The van der Waals surface area contributed by atoms with Crippen LogP contribution in [-0.2, 0) is 22.6 Å². The van der Waals surface area contributed by atoms with Crippen molar-refractivity contribution >= 4 is 44.4 Å². The van der Waals surface area contributed by atoms with Crippen molar-refractivity contribution in [1.29, 1.82) is 0 Å². The van der Waals surface area contributed by atoms with E-state index in [2.05, 4.69) is 15.9 Å². The zero-order valence-corrected chi connectivity index (χ0v) is 17.1. The van der Waals surface area contributed by atoms with Crippen LogP contribution in [0.25, 0.3) is 10.9 Å². The van der Waals surface area contributed by atoms with Gasteiger partial charge in [0, 0.05) is 10.0 Å². The number of rotatable bonds is 5. The maximum absolute atomic E-state index is 14.2. The Balaban J connectivity index is 2.24. The van der Waals surface area contributed by atoms with Gasteiger partial charge in [0.1, 0.15) is 12.4 Å². The van der Waals surface area contributed by atoms with Crippen molar-refractivity contribution < 1.29 is 13.9 Å². The van der Waals surface area contributed by atoms with E-state index in [1.807, 2.05) is 0 Å². The maximum atomic E-state index is 14.2. The number of hydrogen-bond acceptors (Lipinski definition) is 4. The Kier molecular flexibility index (Phi) is 6.00. The van der Waals surface area contributed by atoms with Crippen molar-refractivity contribution in [2.24, 2.45) is 0 Å². The second-order valence-electron chi connectivity index (χ2n) is 5.94. The summed E-state index contributed by atoms with van der Waals surface area (Å²) < 4.78 is 21.6. The molecule has 0 saturated carbocycles. The van der Waals surface area contributed by atoms with Crippen molar-refractivity contribution in [2.75, 3.05) is 6.61 Å². The van der Waals surface area contributed by atoms with E-state index < -0.39 is 29.6 Å². The lowest BCUT2D eigenvalue weighted by atomic mass is 10.2. The topological polar surface area (TPSA) is 70.3 Å². The number of nitrogens with zero attached hydrogens (tertiary/aromatic N) is 2. The van der Waals surface area contributed by atoms with E-state index in [0.29, 0.717) is 4.47 Å². The lowest BCUT2D eigenvalue weighted by Crippen LogP contribution is -2.41. The predicted octanol–water partition coefficient (Wildman–Crippen LogP) is 3.33. The Hall–Kier alpha value is -2.45. The molecule has 1 aromatic heterocycles. The van der Waals surface area contributed by atoms with E-state index in [1.54, 1.807) is 19.1 Å². The molecular weight excluding hydrogens is 455 g/mol. The molecule has 0 aliphatic rings. The highest BCUT2D eigenvalue weighted by atomic mass is 79.9. The fraction of sp³-hybridized carbons (Fsp3) is 0.211. The highest BCUT2D eigenvalue weighted by Gasteiger charge is 2.19. The molecule has 0 saturated heterocycles. The fourth-order valence-corrected chi connectivity index (χ4v) is 3.49. The first kappa shape index (κ1) is 20.3. The zero-order chi connectivity index (χ0) is 20.4. The highest BCUT2D eigenvalue weighted by molar-refractivity contribution is 9.10. The molecule has 0 radical (unpaired) electrons. The number of hydrogen-bond donors (Lipinski definition) is 0. The summed E-state index contributed by atoms with van der Waals surface area (Å²) in [7, 11) is 0. The first-order chi connectivity index (χ1) is 13.3. The smallest absolute Gasteiger partial charge is 0.332 e. The van der Waals surface area contributed by atoms with Crippen LogP contribution in [0.2, 0.25) is 5.02 Å². The summed E-state index contributed by atoms with van der Waals surface area (Å²) in [5.74, 6) is -1.21. The van der Waals surface area contributed by atoms with Crippen LogP contribution in [0.1, 0.15) is 12.5 Å². The van der Waals surface area contributed by atoms with Gasteiger partial charge in [-0.2, -0.15) is 0 Å². The van der Waals surface area contributed by atoms with Crippen LogP contribution < -0.4 is 11.2 Å². The molecule has 1 heterocycles. The summed E-state index contributed by atoms with van der Waals surface area (Å²) in [5.41, 5.74) is -1.10. The molecule has 2 aromatic carbocycles. The van der Waals surface area contributed by atoms with Gasteiger partial charge in [-0.3, -0.25) is 18.7 Å². The van der Waals surface area contributed by atoms with E-state index in [9.17, 15) is 18.8 Å². The van der Waals surface area contributed by atoms with E-state index in [-0.39, 0.29) is 34.6 Å². The van der Waals surface area contributed by atoms with Crippen molar-refractivity contribution in [3.8, 4) is 0 Å². The Morgan fingerprint density at radius 1 is 1.21 bits per heavy atom. The van der Waals surface area contributed by atoms with Crippen molar-refractivity contribution in [2.45, 2.75) is 20.0 Å². The molecule has 9 heteroatoms. The number of ether oxygens (including phenoxy) is 1. The minimum Gasteiger partial charge on any atom is -0.465 e. The summed E-state index contributed by atoms with van der Waals surface area (Å²) in [6, 6.07) is 8.91. The number of halogens is 3. The minimum atomic E-state index is -0.777. The van der Waals surface area contributed by atoms with Crippen LogP contribution in [0.3, 0.4) is 0 Å². The third-order valence-corrected chi connectivity index (χ3v) is 4.93. The molecule has 0 spiro atoms. The number of carbonyl (C=O) groups excluding carboxylic acids is 1. The molecule has 0 atom stereocenters. The Bertz CT molecular complexity index is 1190. The second-order valence-corrected chi connectivity index (χ2v) is 7.26. The largest absolute Gasteiger partial charge is 0.465 e. The van der Waals surface area contributed by atoms with E-state index >= 15 is 0 Å². The number of esters is 1. The Labute approximate surface area is 172 Å². The fourth-order valence-electron chi connectivity index (χ4n) is 2.88. The molecule has 0 N–H and O–H groups in total. The van der Waals surface area contributed by atoms with Gasteiger partial charge in [0.05, 0.1) is 29.1 Å². The van der Waals surface area contributed by atoms with Gasteiger partial charge < -0.3 is 4.74 Å². The lowest BCUT2D eigenvalue weighted by molar-refractivity contribution is -0.143. The second kappa shape index (κ2) is 8.28. The molecule has 146 valence electrons. The molecule has 0 amide bonds. The molecule has 3 aromatic rings. The van der Waals surface area contributed by atoms with Crippen LogP contribution in [0, 0.1) is 5.82 Å². The highest BCUT2D eigenvalue weighted by Crippen LogP contribution is 2.20. The lowest BCUT2D eigenvalue weighted by Gasteiger charge is -2.15. The van der Waals surface area contributed by atoms with Crippen molar-refractivity contribution in [3.63, 3.8) is 0 Å². The third kappa shape index (κ3) is 3.88. The van der Waals surface area contributed by atoms with Crippen molar-refractivity contribution in [1.82, 2.24) is 9.13 Å². The molecular formula is C19H15BrClFN2O4. The normalized spacial score (nSPS) is 11.0. The van der Waals surface area contributed by atoms with Gasteiger partial charge >= 0.3 is 11.7 Å². The third-order valence-electron chi connectivity index (χ3n) is 4.13. The molecule has 0 unspecified atom stereocenters. The quantitative estimate of drug-likeness (QED) is 0.538. The number of aromatic nitrogens is 2. The maximum Gasteiger partial charge on any atom is 0.332 e. The molecule has 28 heavy (non-hydrogen) atoms. The van der Waals surface area contributed by atoms with Gasteiger partial charge in [-0.15, -0.1) is 0 Å². The average Bonchev–Trinajstić information content (AvgIpc) is 2.64. The van der Waals surface area contributed by atoms with Crippen LogP contribution in [0.15, 0.2) is 50.5 Å². The molecule has 0 fully saturated rings. The van der Waals surface area contributed by atoms with Gasteiger partial charge in [0.2, 0.25) is 0 Å². The Morgan fingerprint density at radius 3 is 2.64 bits per heavy atom. The van der Waals surface area contributed by atoms with Gasteiger partial charge in [-0.25, -0.2) is 9.18 Å². The van der Waals surface area contributed by atoms with Gasteiger partial charge in [-0.1, -0.05) is 39.7 Å². The van der Waals surface area contributed by atoms with E-state index in [4.69, 9.17) is 16.3 Å². The molecule has 6 nitrogen and oxygen atoms in total. The number of benzene rings is 2. The average molecular weight is 470 g/mol. The standard InChI is InChI=1S/C19H15BrClFN2O4/c1-2-28-16(25)10-23-17-13(4-3-5-14(17)21)18(26)24(19(23)27)9-11-6-7-12(20)8-15(11)22/h3-8H,2,9-10H2,1H3. The molecule has 0 aliphatic carbocycles. The van der Waals surface area contributed by atoms with Crippen LogP contribution in [0.4, 0.5) is 4.39 Å². The van der Waals surface area contributed by atoms with Gasteiger partial charge in [0.25, 0.3) is 5.56 Å². The summed E-state index contributed by atoms with van der Waals surface area (Å²) in [4.78, 5) is 37.9. The Morgan fingerprint density at radius 2 is 1.96 bits per heavy atom. The zero-order valence-electron chi connectivity index (χ0n) is 14.7. The van der Waals surface area contributed by atoms with Crippen LogP contribution >= 0.6 is 27.5 Å². The summed E-state index contributed by atoms with van der Waals surface area (Å²) in [5, 5.41) is 0.298. The summed E-state index contributed by atoms with van der Waals surface area (Å²) in [6.07, 6.45) is 0. The molecule has 0 aliphatic heterocycles. The molecule has 3 rings (SSSR count). The number of para-hydroxylation sites is 1. The predicted molar refractivity (Wildman–Crippen MR) is 107 cm³/mol.